The molecule has 2 atom stereocenters. The fraction of sp³-hybridized carbons (Fsp3) is 0.476. The Morgan fingerprint density at radius 2 is 1.86 bits per heavy atom. The van der Waals surface area contributed by atoms with Gasteiger partial charge in [-0.15, -0.1) is 0 Å². The highest BCUT2D eigenvalue weighted by Crippen LogP contribution is 2.34. The fourth-order valence-corrected chi connectivity index (χ4v) is 3.17. The van der Waals surface area contributed by atoms with E-state index in [1.807, 2.05) is 20.8 Å². The third kappa shape index (κ3) is 5.19. The van der Waals surface area contributed by atoms with E-state index in [2.05, 4.69) is 10.3 Å². The summed E-state index contributed by atoms with van der Waals surface area (Å²) in [5.74, 6) is -0.536. The number of aromatic amines is 1. The normalized spacial score (nSPS) is 13.4. The van der Waals surface area contributed by atoms with Gasteiger partial charge in [0.15, 0.2) is 5.75 Å². The third-order valence-electron chi connectivity index (χ3n) is 4.35. The van der Waals surface area contributed by atoms with Crippen LogP contribution < -0.4 is 15.6 Å². The van der Waals surface area contributed by atoms with Crippen molar-refractivity contribution in [2.24, 2.45) is 0 Å². The largest absolute Gasteiger partial charge is 0.456 e. The van der Waals surface area contributed by atoms with Crippen LogP contribution in [0.3, 0.4) is 0 Å². The molecule has 152 valence electrons. The van der Waals surface area contributed by atoms with Gasteiger partial charge in [0.1, 0.15) is 6.10 Å². The number of fused-ring (bicyclic) bond motifs is 1. The molecular weight excluding hydrogens is 360 g/mol. The van der Waals surface area contributed by atoms with E-state index in [9.17, 15) is 14.4 Å². The van der Waals surface area contributed by atoms with Crippen molar-refractivity contribution in [2.75, 3.05) is 0 Å². The molecule has 7 nitrogen and oxygen atoms in total. The van der Waals surface area contributed by atoms with E-state index in [0.29, 0.717) is 10.9 Å². The Bertz CT molecular complexity index is 903. The van der Waals surface area contributed by atoms with Gasteiger partial charge in [0.25, 0.3) is 0 Å². The third-order valence-corrected chi connectivity index (χ3v) is 4.35. The van der Waals surface area contributed by atoms with Crippen LogP contribution in [0.5, 0.6) is 5.75 Å². The van der Waals surface area contributed by atoms with Crippen LogP contribution in [-0.2, 0) is 14.3 Å². The molecular formula is C21H28N2O5. The number of carbonyl (C=O) groups excluding carboxylic acids is 2. The molecule has 0 aliphatic carbocycles. The summed E-state index contributed by atoms with van der Waals surface area (Å²) in [5.41, 5.74) is 0.827. The van der Waals surface area contributed by atoms with E-state index in [4.69, 9.17) is 9.47 Å². The van der Waals surface area contributed by atoms with Crippen LogP contribution >= 0.6 is 0 Å². The first kappa shape index (κ1) is 21.6. The smallest absolute Gasteiger partial charge is 0.308 e. The second kappa shape index (κ2) is 9.50. The van der Waals surface area contributed by atoms with Crippen molar-refractivity contribution in [3.05, 3.63) is 40.2 Å². The zero-order chi connectivity index (χ0) is 20.8. The summed E-state index contributed by atoms with van der Waals surface area (Å²) < 4.78 is 11.0. The number of rotatable bonds is 8. The highest BCUT2D eigenvalue weighted by molar-refractivity contribution is 5.90. The molecule has 1 aromatic carbocycles. The first-order chi connectivity index (χ1) is 13.3. The molecule has 0 saturated heterocycles. The van der Waals surface area contributed by atoms with Crippen LogP contribution in [0.25, 0.3) is 10.9 Å². The fourth-order valence-electron chi connectivity index (χ4n) is 3.17. The number of benzene rings is 1. The number of H-pyrrole nitrogens is 1. The molecule has 2 aromatic rings. The molecule has 0 aliphatic rings. The van der Waals surface area contributed by atoms with Crippen molar-refractivity contribution >= 4 is 22.8 Å². The average Bonchev–Trinajstić information content (AvgIpc) is 2.64. The molecule has 0 saturated carbocycles. The molecule has 2 N–H and O–H groups in total. The number of hydrogen-bond donors (Lipinski definition) is 2. The summed E-state index contributed by atoms with van der Waals surface area (Å²) in [6, 6.07) is 6.52. The molecule has 2 rings (SSSR count). The first-order valence-electron chi connectivity index (χ1n) is 9.56. The van der Waals surface area contributed by atoms with Crippen molar-refractivity contribution in [3.63, 3.8) is 0 Å². The summed E-state index contributed by atoms with van der Waals surface area (Å²) in [5, 5.41) is 4.11. The average molecular weight is 388 g/mol. The topological polar surface area (TPSA) is 97.5 Å². The molecule has 1 aromatic heterocycles. The second-order valence-electron chi connectivity index (χ2n) is 6.96. The number of esters is 2. The number of nitrogens with one attached hydrogen (secondary N) is 2. The van der Waals surface area contributed by atoms with Gasteiger partial charge in [-0.2, -0.15) is 0 Å². The molecule has 0 amide bonds. The van der Waals surface area contributed by atoms with Gasteiger partial charge in [0, 0.05) is 42.4 Å². The SMILES string of the molecule is CCC(=O)OC(c1ccc(OC(C)=O)c2[nH]c(=O)ccc12)C(CC)NC(C)C. The molecule has 0 fully saturated rings. The van der Waals surface area contributed by atoms with E-state index in [1.165, 1.54) is 13.0 Å². The molecule has 1 heterocycles. The van der Waals surface area contributed by atoms with E-state index in [1.54, 1.807) is 25.1 Å². The van der Waals surface area contributed by atoms with Crippen LogP contribution in [-0.4, -0.2) is 29.0 Å². The van der Waals surface area contributed by atoms with Crippen molar-refractivity contribution in [1.82, 2.24) is 10.3 Å². The Morgan fingerprint density at radius 1 is 1.14 bits per heavy atom. The van der Waals surface area contributed by atoms with E-state index < -0.39 is 12.1 Å². The summed E-state index contributed by atoms with van der Waals surface area (Å²) in [6.07, 6.45) is 0.435. The minimum Gasteiger partial charge on any atom is -0.456 e. The van der Waals surface area contributed by atoms with Gasteiger partial charge in [-0.3, -0.25) is 14.4 Å². The first-order valence-corrected chi connectivity index (χ1v) is 9.56. The highest BCUT2D eigenvalue weighted by atomic mass is 16.5. The van der Waals surface area contributed by atoms with Crippen LogP contribution in [0, 0.1) is 0 Å². The Labute approximate surface area is 164 Å². The van der Waals surface area contributed by atoms with Gasteiger partial charge in [-0.05, 0) is 18.6 Å². The number of pyridine rings is 1. The number of carbonyl (C=O) groups is 2. The van der Waals surface area contributed by atoms with Gasteiger partial charge >= 0.3 is 11.9 Å². The van der Waals surface area contributed by atoms with Crippen molar-refractivity contribution in [1.29, 1.82) is 0 Å². The lowest BCUT2D eigenvalue weighted by atomic mass is 9.95. The molecule has 0 aliphatic heterocycles. The maximum Gasteiger partial charge on any atom is 0.308 e. The monoisotopic (exact) mass is 388 g/mol. The molecule has 0 spiro atoms. The minimum absolute atomic E-state index is 0.120. The van der Waals surface area contributed by atoms with E-state index in [-0.39, 0.29) is 35.8 Å². The lowest BCUT2D eigenvalue weighted by Gasteiger charge is -2.30. The predicted octanol–water partition coefficient (Wildman–Crippen LogP) is 3.22. The van der Waals surface area contributed by atoms with Crippen LogP contribution in [0.1, 0.15) is 59.1 Å². The maximum atomic E-state index is 12.1. The maximum absolute atomic E-state index is 12.1. The number of hydrogen-bond acceptors (Lipinski definition) is 6. The zero-order valence-corrected chi connectivity index (χ0v) is 17.0. The molecule has 0 bridgehead atoms. The Kier molecular flexibility index (Phi) is 7.34. The minimum atomic E-state index is -0.556. The number of ether oxygens (including phenoxy) is 2. The quantitative estimate of drug-likeness (QED) is 0.532. The molecule has 2 unspecified atom stereocenters. The number of aromatic nitrogens is 1. The van der Waals surface area contributed by atoms with Crippen LogP contribution in [0.4, 0.5) is 0 Å². The molecule has 28 heavy (non-hydrogen) atoms. The summed E-state index contributed by atoms with van der Waals surface area (Å²) >= 11 is 0. The van der Waals surface area contributed by atoms with Gasteiger partial charge in [-0.1, -0.05) is 33.8 Å². The van der Waals surface area contributed by atoms with Gasteiger partial charge in [-0.25, -0.2) is 0 Å². The lowest BCUT2D eigenvalue weighted by molar-refractivity contribution is -0.150. The highest BCUT2D eigenvalue weighted by Gasteiger charge is 2.28. The van der Waals surface area contributed by atoms with E-state index in [0.717, 1.165) is 12.0 Å². The van der Waals surface area contributed by atoms with Crippen molar-refractivity contribution in [3.8, 4) is 5.75 Å². The summed E-state index contributed by atoms with van der Waals surface area (Å²) in [4.78, 5) is 38.2. The lowest BCUT2D eigenvalue weighted by Crippen LogP contribution is -2.40. The standard InChI is InChI=1S/C21H28N2O5/c1-6-16(22-12(3)4)21(28-19(26)7-2)15-8-10-17(27-13(5)24)20-14(15)9-11-18(25)23-20/h8-12,16,21-22H,6-7H2,1-5H3,(H,23,25). The van der Waals surface area contributed by atoms with Crippen LogP contribution in [0.15, 0.2) is 29.1 Å². The Hall–Kier alpha value is -2.67. The Morgan fingerprint density at radius 3 is 2.43 bits per heavy atom. The molecule has 0 radical (unpaired) electrons. The van der Waals surface area contributed by atoms with Gasteiger partial charge in [0.2, 0.25) is 5.56 Å². The second-order valence-corrected chi connectivity index (χ2v) is 6.96. The Balaban J connectivity index is 2.66. The summed E-state index contributed by atoms with van der Waals surface area (Å²) in [7, 11) is 0. The van der Waals surface area contributed by atoms with Crippen molar-refractivity contribution < 1.29 is 19.1 Å². The van der Waals surface area contributed by atoms with Gasteiger partial charge < -0.3 is 19.8 Å². The van der Waals surface area contributed by atoms with E-state index >= 15 is 0 Å². The van der Waals surface area contributed by atoms with Gasteiger partial charge in [0.05, 0.1) is 5.52 Å². The van der Waals surface area contributed by atoms with Crippen molar-refractivity contribution in [2.45, 2.75) is 65.6 Å². The summed E-state index contributed by atoms with van der Waals surface area (Å²) in [6.45, 7) is 9.12. The zero-order valence-electron chi connectivity index (χ0n) is 17.0. The predicted molar refractivity (Wildman–Crippen MR) is 107 cm³/mol. The van der Waals surface area contributed by atoms with Crippen LogP contribution in [0.2, 0.25) is 0 Å². The molecule has 7 heteroatoms.